The number of fused-ring (bicyclic) bond motifs is 3. The Morgan fingerprint density at radius 1 is 1.20 bits per heavy atom. The second-order valence-electron chi connectivity index (χ2n) is 12.8. The highest BCUT2D eigenvalue weighted by Crippen LogP contribution is 2.51. The number of hydrogen-bond donors (Lipinski definition) is 2. The van der Waals surface area contributed by atoms with Crippen LogP contribution < -0.4 is 14.4 Å². The van der Waals surface area contributed by atoms with Gasteiger partial charge in [0.1, 0.15) is 29.0 Å². The first-order chi connectivity index (χ1) is 22.5. The van der Waals surface area contributed by atoms with E-state index in [1.54, 1.807) is 6.20 Å². The van der Waals surface area contributed by atoms with Crippen molar-refractivity contribution in [2.45, 2.75) is 50.0 Å². The van der Waals surface area contributed by atoms with Gasteiger partial charge in [-0.1, -0.05) is 23.3 Å². The van der Waals surface area contributed by atoms with Crippen LogP contribution in [0.1, 0.15) is 50.0 Å². The van der Waals surface area contributed by atoms with Gasteiger partial charge in [0.15, 0.2) is 5.82 Å². The Kier molecular flexibility index (Phi) is 7.71. The predicted octanol–water partition coefficient (Wildman–Crippen LogP) is 5.01. The summed E-state index contributed by atoms with van der Waals surface area (Å²) in [5.74, 6) is 0.366. The maximum atomic E-state index is 17.2. The van der Waals surface area contributed by atoms with Crippen LogP contribution in [0, 0.1) is 5.82 Å². The smallest absolute Gasteiger partial charge is 0.319 e. The summed E-state index contributed by atoms with van der Waals surface area (Å²) in [6.45, 7) is 4.55. The molecular weight excluding hydrogens is 613 g/mol. The van der Waals surface area contributed by atoms with E-state index < -0.39 is 5.82 Å². The van der Waals surface area contributed by atoms with E-state index in [0.29, 0.717) is 60.2 Å². The predicted molar refractivity (Wildman–Crippen MR) is 172 cm³/mol. The van der Waals surface area contributed by atoms with Gasteiger partial charge in [-0.25, -0.2) is 9.37 Å². The summed E-state index contributed by atoms with van der Waals surface area (Å²) < 4.78 is 35.2. The highest BCUT2D eigenvalue weighted by atomic mass is 35.5. The number of pyridine rings is 1. The van der Waals surface area contributed by atoms with Crippen molar-refractivity contribution in [1.82, 2.24) is 30.0 Å². The molecule has 13 heteroatoms. The number of rotatable bonds is 8. The van der Waals surface area contributed by atoms with Crippen molar-refractivity contribution in [2.75, 3.05) is 64.6 Å². The fourth-order valence-corrected chi connectivity index (χ4v) is 7.97. The van der Waals surface area contributed by atoms with Crippen molar-refractivity contribution < 1.29 is 23.7 Å². The fourth-order valence-electron chi connectivity index (χ4n) is 7.61. The van der Waals surface area contributed by atoms with Gasteiger partial charge in [0.25, 0.3) is 0 Å². The summed E-state index contributed by atoms with van der Waals surface area (Å²) in [5.41, 5.74) is 3.38. The Balaban J connectivity index is 1.29. The van der Waals surface area contributed by atoms with Crippen LogP contribution in [-0.4, -0.2) is 100 Å². The number of halogens is 2. The molecule has 0 bridgehead atoms. The molecule has 1 saturated carbocycles. The first-order valence-corrected chi connectivity index (χ1v) is 16.5. The number of H-pyrrole nitrogens is 1. The molecule has 0 amide bonds. The maximum Gasteiger partial charge on any atom is 0.319 e. The zero-order chi connectivity index (χ0) is 31.4. The van der Waals surface area contributed by atoms with Crippen LogP contribution in [-0.2, 0) is 4.74 Å². The van der Waals surface area contributed by atoms with Gasteiger partial charge in [-0.15, -0.1) is 0 Å². The normalized spacial score (nSPS) is 23.0. The van der Waals surface area contributed by atoms with Gasteiger partial charge in [-0.2, -0.15) is 15.1 Å². The van der Waals surface area contributed by atoms with Gasteiger partial charge in [0, 0.05) is 42.2 Å². The molecule has 11 nitrogen and oxygen atoms in total. The first-order valence-electron chi connectivity index (χ1n) is 16.1. The van der Waals surface area contributed by atoms with Crippen LogP contribution in [0.15, 0.2) is 23.9 Å². The Morgan fingerprint density at radius 2 is 2.09 bits per heavy atom. The average molecular weight is 650 g/mol. The SMILES string of the molecule is COc1nc(-c2c(C3CC3)c(Cl)cc3[nH]ncc23)c(F)c2nc(OCC34CCCN3C/C(=C\CO)C4)nc(N3CCCOCC3)c12. The largest absolute Gasteiger partial charge is 0.480 e. The summed E-state index contributed by atoms with van der Waals surface area (Å²) in [6.07, 6.45) is 9.17. The minimum Gasteiger partial charge on any atom is -0.480 e. The van der Waals surface area contributed by atoms with E-state index in [0.717, 1.165) is 62.6 Å². The third-order valence-corrected chi connectivity index (χ3v) is 10.2. The van der Waals surface area contributed by atoms with Gasteiger partial charge in [-0.3, -0.25) is 10.00 Å². The highest BCUT2D eigenvalue weighted by molar-refractivity contribution is 6.33. The first kappa shape index (κ1) is 29.8. The molecule has 1 aromatic carbocycles. The van der Waals surface area contributed by atoms with Crippen molar-refractivity contribution in [3.63, 3.8) is 0 Å². The quantitative estimate of drug-likeness (QED) is 0.252. The lowest BCUT2D eigenvalue weighted by Gasteiger charge is -2.31. The van der Waals surface area contributed by atoms with Crippen molar-refractivity contribution in [1.29, 1.82) is 0 Å². The molecule has 1 unspecified atom stereocenters. The van der Waals surface area contributed by atoms with Crippen LogP contribution in [0.5, 0.6) is 11.9 Å². The van der Waals surface area contributed by atoms with Crippen LogP contribution >= 0.6 is 11.6 Å². The van der Waals surface area contributed by atoms with Gasteiger partial charge < -0.3 is 24.2 Å². The minimum absolute atomic E-state index is 0.0223. The molecule has 2 N–H and O–H groups in total. The third kappa shape index (κ3) is 5.06. The standard InChI is InChI=1S/C33H37ClFN7O4/c1-44-31-26-29(27(35)28(37-31)25-21-16-36-40-23(21)14-22(34)24(25)20-4-5-20)38-32(39-30(26)41-8-3-12-45-13-10-41)46-18-33-7-2-9-42(33)17-19(15-33)6-11-43/h6,14,16,20,43H,2-5,7-13,15,17-18H2,1H3,(H,36,40)/b19-6-. The number of aromatic nitrogens is 5. The molecule has 46 heavy (non-hydrogen) atoms. The number of aliphatic hydroxyl groups excluding tert-OH is 1. The average Bonchev–Trinajstić information content (AvgIpc) is 3.63. The zero-order valence-electron chi connectivity index (χ0n) is 25.8. The molecule has 4 fully saturated rings. The summed E-state index contributed by atoms with van der Waals surface area (Å²) in [5, 5.41) is 18.4. The Bertz CT molecular complexity index is 1840. The number of aliphatic hydroxyl groups is 1. The molecule has 0 radical (unpaired) electrons. The minimum atomic E-state index is -0.586. The summed E-state index contributed by atoms with van der Waals surface area (Å²) in [4.78, 5) is 18.9. The van der Waals surface area contributed by atoms with Gasteiger partial charge in [0.05, 0.1) is 37.6 Å². The molecule has 3 aromatic heterocycles. The molecule has 6 heterocycles. The summed E-state index contributed by atoms with van der Waals surface area (Å²) in [7, 11) is 1.53. The molecule has 1 aliphatic carbocycles. The lowest BCUT2D eigenvalue weighted by molar-refractivity contribution is 0.108. The number of hydrogen-bond acceptors (Lipinski definition) is 10. The monoisotopic (exact) mass is 649 g/mol. The summed E-state index contributed by atoms with van der Waals surface area (Å²) >= 11 is 6.82. The van der Waals surface area contributed by atoms with Gasteiger partial charge in [0.2, 0.25) is 5.88 Å². The van der Waals surface area contributed by atoms with E-state index in [-0.39, 0.29) is 41.2 Å². The number of benzene rings is 1. The second-order valence-corrected chi connectivity index (χ2v) is 13.2. The van der Waals surface area contributed by atoms with E-state index in [9.17, 15) is 5.11 Å². The summed E-state index contributed by atoms with van der Waals surface area (Å²) in [6, 6.07) is 1.95. The van der Waals surface area contributed by atoms with Crippen LogP contribution in [0.4, 0.5) is 10.2 Å². The number of ether oxygens (including phenoxy) is 3. The molecule has 8 rings (SSSR count). The number of anilines is 1. The third-order valence-electron chi connectivity index (χ3n) is 9.93. The van der Waals surface area contributed by atoms with Crippen LogP contribution in [0.3, 0.4) is 0 Å². The number of nitrogens with one attached hydrogen (secondary N) is 1. The molecule has 4 aliphatic rings. The number of methoxy groups -OCH3 is 1. The van der Waals surface area contributed by atoms with E-state index in [1.807, 2.05) is 12.1 Å². The molecule has 0 spiro atoms. The van der Waals surface area contributed by atoms with E-state index >= 15 is 4.39 Å². The number of nitrogens with zero attached hydrogens (tertiary/aromatic N) is 6. The Labute approximate surface area is 270 Å². The second kappa shape index (κ2) is 11.9. The van der Waals surface area contributed by atoms with Crippen molar-refractivity contribution >= 4 is 39.2 Å². The van der Waals surface area contributed by atoms with Crippen molar-refractivity contribution in [3.8, 4) is 23.1 Å². The number of aromatic amines is 1. The highest BCUT2D eigenvalue weighted by Gasteiger charge is 2.47. The van der Waals surface area contributed by atoms with Gasteiger partial charge >= 0.3 is 6.01 Å². The lowest BCUT2D eigenvalue weighted by atomic mass is 9.93. The Morgan fingerprint density at radius 3 is 2.91 bits per heavy atom. The molecule has 4 aromatic rings. The van der Waals surface area contributed by atoms with Gasteiger partial charge in [-0.05, 0) is 62.6 Å². The molecular formula is C33H37ClFN7O4. The van der Waals surface area contributed by atoms with Crippen LogP contribution in [0.25, 0.3) is 33.1 Å². The molecule has 3 saturated heterocycles. The topological polar surface area (TPSA) is 122 Å². The Hall–Kier alpha value is -3.58. The maximum absolute atomic E-state index is 17.2. The molecule has 3 aliphatic heterocycles. The fraction of sp³-hybridized carbons (Fsp3) is 0.515. The van der Waals surface area contributed by atoms with Crippen molar-refractivity contribution in [2.24, 2.45) is 0 Å². The zero-order valence-corrected chi connectivity index (χ0v) is 26.6. The van der Waals surface area contributed by atoms with Crippen LogP contribution in [0.2, 0.25) is 5.02 Å². The van der Waals surface area contributed by atoms with E-state index in [4.69, 9.17) is 40.8 Å². The molecule has 242 valence electrons. The lowest BCUT2D eigenvalue weighted by Crippen LogP contribution is -2.43. The van der Waals surface area contributed by atoms with E-state index in [2.05, 4.69) is 20.0 Å². The van der Waals surface area contributed by atoms with E-state index in [1.165, 1.54) is 12.7 Å². The van der Waals surface area contributed by atoms with Crippen molar-refractivity contribution in [3.05, 3.63) is 40.3 Å². The molecule has 1 atom stereocenters.